The van der Waals surface area contributed by atoms with E-state index in [4.69, 9.17) is 42.2 Å². The second kappa shape index (κ2) is 8.69. The summed E-state index contributed by atoms with van der Waals surface area (Å²) in [5.41, 5.74) is -0.144. The molecule has 2 N–H and O–H groups in total. The average Bonchev–Trinajstić information content (AvgIpc) is 2.54. The van der Waals surface area contributed by atoms with Crippen molar-refractivity contribution < 1.29 is 33.4 Å². The minimum atomic E-state index is -4.77. The minimum Gasteiger partial charge on any atom is -0.403 e. The molecule has 30 heavy (non-hydrogen) atoms. The van der Waals surface area contributed by atoms with Crippen molar-refractivity contribution in [2.45, 2.75) is 48.4 Å². The number of hydrogen-bond donors (Lipinski definition) is 2. The zero-order valence-electron chi connectivity index (χ0n) is 17.1. The first-order valence-corrected chi connectivity index (χ1v) is 11.6. The number of phosphoric ester groups is 1. The van der Waals surface area contributed by atoms with Crippen LogP contribution < -0.4 is 4.52 Å². The quantitative estimate of drug-likeness (QED) is 0.285. The van der Waals surface area contributed by atoms with E-state index in [0.29, 0.717) is 11.5 Å². The van der Waals surface area contributed by atoms with Crippen molar-refractivity contribution in [3.63, 3.8) is 0 Å². The summed E-state index contributed by atoms with van der Waals surface area (Å²) >= 11 is 13.0. The van der Waals surface area contributed by atoms with Crippen LogP contribution in [0.3, 0.4) is 0 Å². The van der Waals surface area contributed by atoms with Gasteiger partial charge in [0.05, 0.1) is 5.02 Å². The average molecular weight is 497 g/mol. The third kappa shape index (κ3) is 3.83. The zero-order valence-corrected chi connectivity index (χ0v) is 23.5. The van der Waals surface area contributed by atoms with Gasteiger partial charge in [-0.2, -0.15) is 4.89 Å². The fourth-order valence-electron chi connectivity index (χ4n) is 6.25. The zero-order chi connectivity index (χ0) is 19.9. The molecule has 7 nitrogen and oxygen atoms in total. The normalized spacial score (nSPS) is 41.0. The number of hydrogen-bond acceptors (Lipinski definition) is 5. The molecule has 5 aliphatic rings. The van der Waals surface area contributed by atoms with Crippen LogP contribution in [0.4, 0.5) is 0 Å². The predicted molar refractivity (Wildman–Crippen MR) is 111 cm³/mol. The summed E-state index contributed by atoms with van der Waals surface area (Å²) in [7, 11) is -3.23. The Hall–Kier alpha value is 1.63. The van der Waals surface area contributed by atoms with Gasteiger partial charge in [0.25, 0.3) is 5.79 Å². The van der Waals surface area contributed by atoms with Gasteiger partial charge in [0.2, 0.25) is 0 Å². The maximum atomic E-state index is 11.3. The van der Waals surface area contributed by atoms with Gasteiger partial charge >= 0.3 is 7.82 Å². The Morgan fingerprint density at radius 3 is 2.23 bits per heavy atom. The van der Waals surface area contributed by atoms with Crippen LogP contribution in [0.1, 0.15) is 37.7 Å². The molecule has 1 aliphatic heterocycles. The SMILES string of the molecule is COC1(c2ccc(Cl)c(OP(=O)(O)O)c2)OOC12C1CC3CC2CC(Cl)(C3)C1.[Na].[Na]. The van der Waals surface area contributed by atoms with E-state index in [-0.39, 0.29) is 86.6 Å². The van der Waals surface area contributed by atoms with Crippen LogP contribution in [0.2, 0.25) is 5.02 Å². The molecule has 12 heteroatoms. The Labute approximate surface area is 229 Å². The van der Waals surface area contributed by atoms with Crippen LogP contribution in [0.25, 0.3) is 0 Å². The van der Waals surface area contributed by atoms with Crippen molar-refractivity contribution in [3.8, 4) is 5.75 Å². The number of methoxy groups -OCH3 is 1. The third-order valence-corrected chi connectivity index (χ3v) is 8.16. The van der Waals surface area contributed by atoms with Gasteiger partial charge in [0.1, 0.15) is 0 Å². The van der Waals surface area contributed by atoms with E-state index in [1.807, 2.05) is 0 Å². The molecule has 4 aliphatic carbocycles. The molecular formula is C18H21Cl2Na2O7P. The van der Waals surface area contributed by atoms with Gasteiger partial charge in [-0.3, -0.25) is 9.79 Å². The van der Waals surface area contributed by atoms with E-state index in [1.165, 1.54) is 12.1 Å². The van der Waals surface area contributed by atoms with Gasteiger partial charge in [0, 0.05) is 76.7 Å². The molecule has 6 rings (SSSR count). The first-order valence-electron chi connectivity index (χ1n) is 9.27. The van der Waals surface area contributed by atoms with E-state index < -0.39 is 19.2 Å². The topological polar surface area (TPSA) is 94.5 Å². The van der Waals surface area contributed by atoms with Crippen molar-refractivity contribution >= 4 is 90.1 Å². The van der Waals surface area contributed by atoms with Gasteiger partial charge in [-0.25, -0.2) is 9.45 Å². The predicted octanol–water partition coefficient (Wildman–Crippen LogP) is 3.37. The summed E-state index contributed by atoms with van der Waals surface area (Å²) < 4.78 is 22.0. The standard InChI is InChI=1S/C18H21Cl2O7P.2Na/c1-24-18(11-2-3-14(19)15(6-11)25-28(21,22)23)17(26-27-18)12-4-10-5-13(17)9-16(20,7-10)8-12;;/h2-3,6,10,12-13H,4-5,7-9H2,1H3,(H2,21,22,23);;. The van der Waals surface area contributed by atoms with Crippen LogP contribution >= 0.6 is 31.0 Å². The van der Waals surface area contributed by atoms with E-state index >= 15 is 0 Å². The summed E-state index contributed by atoms with van der Waals surface area (Å²) in [6.45, 7) is 0. The second-order valence-corrected chi connectivity index (χ2v) is 10.9. The molecule has 1 aromatic rings. The Morgan fingerprint density at radius 1 is 1.13 bits per heavy atom. The minimum absolute atomic E-state index is 0. The van der Waals surface area contributed by atoms with E-state index in [0.717, 1.165) is 32.1 Å². The molecule has 4 bridgehead atoms. The van der Waals surface area contributed by atoms with Crippen molar-refractivity contribution in [2.24, 2.45) is 17.8 Å². The van der Waals surface area contributed by atoms with Crippen LogP contribution in [0.15, 0.2) is 18.2 Å². The number of alkyl halides is 1. The van der Waals surface area contributed by atoms with E-state index in [9.17, 15) is 14.4 Å². The molecule has 3 unspecified atom stereocenters. The summed E-state index contributed by atoms with van der Waals surface area (Å²) in [6, 6.07) is 4.68. The molecule has 156 valence electrons. The molecule has 2 radical (unpaired) electrons. The first kappa shape index (κ1) is 26.2. The molecular weight excluding hydrogens is 476 g/mol. The number of benzene rings is 1. The maximum Gasteiger partial charge on any atom is 0.524 e. The second-order valence-electron chi connectivity index (χ2n) is 8.50. The summed E-state index contributed by atoms with van der Waals surface area (Å²) in [5.74, 6) is -0.413. The summed E-state index contributed by atoms with van der Waals surface area (Å²) in [5, 5.41) is 0.0809. The van der Waals surface area contributed by atoms with Crippen molar-refractivity contribution in [1.29, 1.82) is 0 Å². The Bertz CT molecular complexity index is 864. The van der Waals surface area contributed by atoms with Crippen molar-refractivity contribution in [1.82, 2.24) is 0 Å². The molecule has 5 fully saturated rings. The molecule has 1 heterocycles. The Morgan fingerprint density at radius 2 is 1.77 bits per heavy atom. The fraction of sp³-hybridized carbons (Fsp3) is 0.667. The molecule has 1 aromatic carbocycles. The molecule has 0 amide bonds. The Balaban J connectivity index is 0.00000128. The van der Waals surface area contributed by atoms with Crippen LogP contribution in [-0.2, 0) is 24.9 Å². The number of halogens is 2. The van der Waals surface area contributed by atoms with Gasteiger partial charge in [-0.1, -0.05) is 17.7 Å². The smallest absolute Gasteiger partial charge is 0.403 e. The number of ether oxygens (including phenoxy) is 1. The first-order chi connectivity index (χ1) is 13.1. The number of phosphoric acid groups is 1. The van der Waals surface area contributed by atoms with Gasteiger partial charge in [-0.15, -0.1) is 11.6 Å². The van der Waals surface area contributed by atoms with Crippen LogP contribution in [-0.4, -0.2) is 86.5 Å². The largest absolute Gasteiger partial charge is 0.524 e. The van der Waals surface area contributed by atoms with E-state index in [1.54, 1.807) is 13.2 Å². The summed E-state index contributed by atoms with van der Waals surface area (Å²) in [4.78, 5) is 29.7. The van der Waals surface area contributed by atoms with Crippen LogP contribution in [0.5, 0.6) is 5.75 Å². The molecule has 1 spiro atoms. The Kier molecular flexibility index (Phi) is 7.60. The molecule has 1 saturated heterocycles. The van der Waals surface area contributed by atoms with Gasteiger partial charge in [0.15, 0.2) is 11.4 Å². The van der Waals surface area contributed by atoms with Crippen LogP contribution in [0, 0.1) is 17.8 Å². The molecule has 3 atom stereocenters. The monoisotopic (exact) mass is 496 g/mol. The fourth-order valence-corrected chi connectivity index (χ4v) is 7.46. The van der Waals surface area contributed by atoms with Gasteiger partial charge < -0.3 is 9.26 Å². The van der Waals surface area contributed by atoms with Crippen molar-refractivity contribution in [3.05, 3.63) is 28.8 Å². The summed E-state index contributed by atoms with van der Waals surface area (Å²) in [6.07, 6.45) is 4.70. The molecule has 4 saturated carbocycles. The van der Waals surface area contributed by atoms with Gasteiger partial charge in [-0.05, 0) is 62.0 Å². The maximum absolute atomic E-state index is 11.3. The third-order valence-electron chi connectivity index (χ3n) is 6.95. The van der Waals surface area contributed by atoms with E-state index in [2.05, 4.69) is 0 Å². The van der Waals surface area contributed by atoms with Crippen molar-refractivity contribution in [2.75, 3.05) is 7.11 Å². The molecule has 0 aromatic heterocycles. The number of rotatable bonds is 4.